The van der Waals surface area contributed by atoms with Crippen LogP contribution in [0.25, 0.3) is 0 Å². The molecule has 0 nitrogen and oxygen atoms in total. The molecule has 0 aromatic heterocycles. The Bertz CT molecular complexity index is 24.0. The van der Waals surface area contributed by atoms with E-state index in [4.69, 9.17) is 0 Å². The molecule has 50 valence electrons. The maximum absolute atomic E-state index is 2.72. The Morgan fingerprint density at radius 1 is 1.00 bits per heavy atom. The summed E-state index contributed by atoms with van der Waals surface area (Å²) in [5.74, 6) is 0. The van der Waals surface area contributed by atoms with Gasteiger partial charge in [-0.1, -0.05) is 34.6 Å². The molecule has 0 fully saturated rings. The van der Waals surface area contributed by atoms with Crippen molar-refractivity contribution >= 4 is 28.7 Å². The molecule has 0 saturated carbocycles. The third-order valence-corrected chi connectivity index (χ3v) is 0. The van der Waals surface area contributed by atoms with E-state index in [1.807, 2.05) is 13.8 Å². The third kappa shape index (κ3) is 342. The van der Waals surface area contributed by atoms with Crippen molar-refractivity contribution in [3.63, 3.8) is 0 Å². The zero-order valence-electron chi connectivity index (χ0n) is 6.49. The van der Waals surface area contributed by atoms with Gasteiger partial charge in [0.25, 0.3) is 0 Å². The Morgan fingerprint density at radius 2 is 1.00 bits per heavy atom. The molecule has 0 saturated heterocycles. The fraction of sp³-hybridized carbons (Fsp3) is 1.00. The summed E-state index contributed by atoms with van der Waals surface area (Å²) < 4.78 is 0.417. The summed E-state index contributed by atoms with van der Waals surface area (Å²) in [5, 5.41) is 0. The predicted molar refractivity (Wildman–Crippen MR) is 44.1 cm³/mol. The molecule has 2 heteroatoms. The normalized spacial score (nSPS) is 8.12. The van der Waals surface area contributed by atoms with Crippen molar-refractivity contribution in [3.05, 3.63) is 0 Å². The zero-order valence-corrected chi connectivity index (χ0v) is 8.46. The van der Waals surface area contributed by atoms with Crippen molar-refractivity contribution in [3.8, 4) is 0 Å². The number of hydrogen-bond donors (Lipinski definition) is 0. The third-order valence-electron chi connectivity index (χ3n) is 0. The van der Waals surface area contributed by atoms with Crippen molar-refractivity contribution < 1.29 is 0 Å². The first-order valence-electron chi connectivity index (χ1n) is 2.79. The molecule has 8 heavy (non-hydrogen) atoms. The Morgan fingerprint density at radius 3 is 1.00 bits per heavy atom. The maximum atomic E-state index is 2.72. The number of rotatable bonds is 0. The topological polar surface area (TPSA) is 0 Å². The van der Waals surface area contributed by atoms with Gasteiger partial charge in [-0.25, -0.2) is 0 Å². The summed E-state index contributed by atoms with van der Waals surface area (Å²) in [7, 11) is 0. The van der Waals surface area contributed by atoms with Crippen LogP contribution in [-0.4, -0.2) is 16.3 Å². The first-order valence-corrected chi connectivity index (χ1v) is 3.37. The highest BCUT2D eigenvalue weighted by molar-refractivity contribution is 6.14. The van der Waals surface area contributed by atoms with Gasteiger partial charge >= 0.3 is 0 Å². The van der Waals surface area contributed by atoms with Gasteiger partial charge in [0.1, 0.15) is 16.3 Å². The first-order chi connectivity index (χ1) is 3.00. The van der Waals surface area contributed by atoms with E-state index < -0.39 is 0 Å². The molecule has 2 radical (unpaired) electrons. The molecular formula is C6H16AlCl. The molecule has 0 heterocycles. The average molecular weight is 151 g/mol. The Balaban J connectivity index is -0.0000000750. The summed E-state index contributed by atoms with van der Waals surface area (Å²) in [4.78, 5) is 0. The summed E-state index contributed by atoms with van der Waals surface area (Å²) in [5.41, 5.74) is 0. The van der Waals surface area contributed by atoms with Crippen LogP contribution in [0.1, 0.15) is 34.6 Å². The van der Waals surface area contributed by atoms with E-state index in [2.05, 4.69) is 37.1 Å². The number of hydrogen-bond acceptors (Lipinski definition) is 0. The Labute approximate surface area is 67.9 Å². The van der Waals surface area contributed by atoms with Crippen molar-refractivity contribution in [1.82, 2.24) is 0 Å². The van der Waals surface area contributed by atoms with E-state index in [1.54, 1.807) is 0 Å². The highest BCUT2D eigenvalue weighted by atomic mass is 35.5. The van der Waals surface area contributed by atoms with Gasteiger partial charge in [0.2, 0.25) is 0 Å². The quantitative estimate of drug-likeness (QED) is 0.466. The van der Waals surface area contributed by atoms with Gasteiger partial charge in [0.15, 0.2) is 0 Å². The van der Waals surface area contributed by atoms with Crippen LogP contribution < -0.4 is 0 Å². The van der Waals surface area contributed by atoms with Crippen molar-refractivity contribution in [1.29, 1.82) is 0 Å². The minimum Gasteiger partial charge on any atom is -0.147 e. The smallest absolute Gasteiger partial charge is 0.128 e. The second-order valence-electron chi connectivity index (χ2n) is 2.37. The second-order valence-corrected chi connectivity index (χ2v) is 4.10. The average Bonchev–Trinajstić information content (AvgIpc) is 1.36. The van der Waals surface area contributed by atoms with Crippen LogP contribution in [0.5, 0.6) is 0 Å². The van der Waals surface area contributed by atoms with E-state index in [0.29, 0.717) is 4.28 Å². The van der Waals surface area contributed by atoms with Gasteiger partial charge in [0, 0.05) is 0 Å². The molecule has 0 aliphatic carbocycles. The fourth-order valence-corrected chi connectivity index (χ4v) is 0. The SMILES string of the molecule is CC.C[C](C)(C)[Al].Cl. The molecule has 0 amide bonds. The molecule has 0 spiro atoms. The predicted octanol–water partition coefficient (Wildman–Crippen LogP) is 2.82. The maximum Gasteiger partial charge on any atom is 0.128 e. The van der Waals surface area contributed by atoms with Crippen molar-refractivity contribution in [2.24, 2.45) is 0 Å². The van der Waals surface area contributed by atoms with Gasteiger partial charge in [-0.3, -0.25) is 0 Å². The Kier molecular flexibility index (Phi) is 15.6. The van der Waals surface area contributed by atoms with Crippen LogP contribution in [0.2, 0.25) is 4.28 Å². The van der Waals surface area contributed by atoms with Crippen LogP contribution in [-0.2, 0) is 0 Å². The van der Waals surface area contributed by atoms with Crippen molar-refractivity contribution in [2.75, 3.05) is 0 Å². The lowest BCUT2D eigenvalue weighted by Crippen LogP contribution is -1.90. The van der Waals surface area contributed by atoms with E-state index >= 15 is 0 Å². The molecule has 0 bridgehead atoms. The van der Waals surface area contributed by atoms with Crippen LogP contribution in [0.15, 0.2) is 0 Å². The molecule has 0 atom stereocenters. The summed E-state index contributed by atoms with van der Waals surface area (Å²) >= 11 is 2.72. The molecule has 0 rings (SSSR count). The van der Waals surface area contributed by atoms with Gasteiger partial charge in [0.05, 0.1) is 0 Å². The molecule has 0 N–H and O–H groups in total. The molecule has 0 aliphatic rings. The Hall–Kier alpha value is 0.822. The summed E-state index contributed by atoms with van der Waals surface area (Å²) in [6.07, 6.45) is 0. The fourth-order valence-electron chi connectivity index (χ4n) is 0. The van der Waals surface area contributed by atoms with Crippen LogP contribution in [0, 0.1) is 0 Å². The van der Waals surface area contributed by atoms with Crippen molar-refractivity contribution in [2.45, 2.75) is 38.9 Å². The lowest BCUT2D eigenvalue weighted by atomic mass is 10.2. The van der Waals surface area contributed by atoms with Crippen LogP contribution >= 0.6 is 12.4 Å². The minimum absolute atomic E-state index is 0. The summed E-state index contributed by atoms with van der Waals surface area (Å²) in [6.45, 7) is 10.5. The van der Waals surface area contributed by atoms with E-state index in [-0.39, 0.29) is 12.4 Å². The zero-order chi connectivity index (χ0) is 6.50. The van der Waals surface area contributed by atoms with Crippen LogP contribution in [0.3, 0.4) is 0 Å². The van der Waals surface area contributed by atoms with E-state index in [0.717, 1.165) is 0 Å². The standard InChI is InChI=1S/C4H9.C2H6.Al.ClH/c1-4(2)3;1-2;;/h1-3H3;1-2H3;;1H. The van der Waals surface area contributed by atoms with Gasteiger partial charge in [-0.15, -0.1) is 16.7 Å². The minimum atomic E-state index is 0. The molecule has 0 aromatic rings. The number of halogens is 1. The molecule has 0 aromatic carbocycles. The highest BCUT2D eigenvalue weighted by Gasteiger charge is 1.94. The lowest BCUT2D eigenvalue weighted by Gasteiger charge is -2.06. The monoisotopic (exact) mass is 150 g/mol. The van der Waals surface area contributed by atoms with E-state index in [1.165, 1.54) is 0 Å². The van der Waals surface area contributed by atoms with Gasteiger partial charge in [-0.2, -0.15) is 0 Å². The lowest BCUT2D eigenvalue weighted by molar-refractivity contribution is 0.767. The molecule has 0 aliphatic heterocycles. The first kappa shape index (κ1) is 15.9. The second kappa shape index (κ2) is 7.82. The van der Waals surface area contributed by atoms with Crippen LogP contribution in [0.4, 0.5) is 0 Å². The van der Waals surface area contributed by atoms with Gasteiger partial charge in [-0.05, 0) is 0 Å². The molecular weight excluding hydrogens is 135 g/mol. The largest absolute Gasteiger partial charge is 0.147 e. The molecule has 0 unspecified atom stereocenters. The van der Waals surface area contributed by atoms with E-state index in [9.17, 15) is 0 Å². The summed E-state index contributed by atoms with van der Waals surface area (Å²) in [6, 6.07) is 0. The van der Waals surface area contributed by atoms with Gasteiger partial charge < -0.3 is 0 Å². The highest BCUT2D eigenvalue weighted by Crippen LogP contribution is 2.13.